The molecule has 20 heavy (non-hydrogen) atoms. The van der Waals surface area contributed by atoms with Gasteiger partial charge < -0.3 is 20.5 Å². The minimum absolute atomic E-state index is 0.0408. The number of carboxylic acids is 1. The first-order chi connectivity index (χ1) is 9.51. The van der Waals surface area contributed by atoms with Crippen LogP contribution in [0.3, 0.4) is 0 Å². The lowest BCUT2D eigenvalue weighted by molar-refractivity contribution is -0.137. The normalized spacial score (nSPS) is 15.1. The first-order valence-corrected chi connectivity index (χ1v) is 5.85. The second-order valence-electron chi connectivity index (χ2n) is 3.95. The molecule has 0 bridgehead atoms. The standard InChI is InChI=1S/C13H12N2O5/c1-2-20-11(16)6-10-12(17)15-9-5-7(13(18)19)3-4-8(9)14-10/h3-6,14H,2H2,1H3,(H,15,17)(H,18,19)/b10-6+. The predicted molar refractivity (Wildman–Crippen MR) is 70.4 cm³/mol. The summed E-state index contributed by atoms with van der Waals surface area (Å²) in [5.74, 6) is -2.25. The molecule has 1 aromatic rings. The van der Waals surface area contributed by atoms with Crippen LogP contribution in [-0.2, 0) is 14.3 Å². The summed E-state index contributed by atoms with van der Waals surface area (Å²) in [6.07, 6.45) is 1.05. The van der Waals surface area contributed by atoms with Crippen molar-refractivity contribution in [2.75, 3.05) is 17.2 Å². The van der Waals surface area contributed by atoms with E-state index >= 15 is 0 Å². The zero-order valence-electron chi connectivity index (χ0n) is 10.6. The van der Waals surface area contributed by atoms with Gasteiger partial charge in [-0.15, -0.1) is 0 Å². The van der Waals surface area contributed by atoms with Crippen LogP contribution in [0.25, 0.3) is 0 Å². The molecule has 0 atom stereocenters. The molecule has 1 aliphatic rings. The van der Waals surface area contributed by atoms with Crippen molar-refractivity contribution in [3.05, 3.63) is 35.5 Å². The summed E-state index contributed by atoms with van der Waals surface area (Å²) in [7, 11) is 0. The van der Waals surface area contributed by atoms with Crippen molar-refractivity contribution in [3.8, 4) is 0 Å². The number of carbonyl (C=O) groups is 3. The molecule has 1 aromatic carbocycles. The number of amides is 1. The summed E-state index contributed by atoms with van der Waals surface area (Å²) in [5, 5.41) is 14.1. The van der Waals surface area contributed by atoms with Crippen LogP contribution >= 0.6 is 0 Å². The SMILES string of the molecule is CCOC(=O)/C=C1/Nc2ccc(C(=O)O)cc2NC1=O. The molecule has 0 fully saturated rings. The van der Waals surface area contributed by atoms with Crippen LogP contribution in [0, 0.1) is 0 Å². The van der Waals surface area contributed by atoms with Crippen LogP contribution in [0.15, 0.2) is 30.0 Å². The van der Waals surface area contributed by atoms with Crippen molar-refractivity contribution >= 4 is 29.2 Å². The Balaban J connectivity index is 2.28. The Labute approximate surface area is 114 Å². The summed E-state index contributed by atoms with van der Waals surface area (Å²) in [6.45, 7) is 1.87. The van der Waals surface area contributed by atoms with E-state index in [1.165, 1.54) is 18.2 Å². The van der Waals surface area contributed by atoms with Gasteiger partial charge in [0.1, 0.15) is 5.70 Å². The van der Waals surface area contributed by atoms with Gasteiger partial charge in [0.15, 0.2) is 0 Å². The third kappa shape index (κ3) is 2.77. The van der Waals surface area contributed by atoms with Gasteiger partial charge in [0.25, 0.3) is 5.91 Å². The molecule has 7 nitrogen and oxygen atoms in total. The molecule has 0 radical (unpaired) electrons. The van der Waals surface area contributed by atoms with Gasteiger partial charge in [-0.3, -0.25) is 4.79 Å². The van der Waals surface area contributed by atoms with Crippen molar-refractivity contribution < 1.29 is 24.2 Å². The number of aromatic carboxylic acids is 1. The van der Waals surface area contributed by atoms with Crippen LogP contribution in [0.4, 0.5) is 11.4 Å². The zero-order chi connectivity index (χ0) is 14.7. The van der Waals surface area contributed by atoms with Crippen LogP contribution < -0.4 is 10.6 Å². The van der Waals surface area contributed by atoms with Gasteiger partial charge in [0.05, 0.1) is 29.6 Å². The quantitative estimate of drug-likeness (QED) is 0.566. The number of carboxylic acid groups (broad SMARTS) is 1. The van der Waals surface area contributed by atoms with E-state index in [4.69, 9.17) is 9.84 Å². The lowest BCUT2D eigenvalue weighted by Crippen LogP contribution is -2.26. The van der Waals surface area contributed by atoms with E-state index in [1.54, 1.807) is 6.92 Å². The fraction of sp³-hybridized carbons (Fsp3) is 0.154. The molecular weight excluding hydrogens is 264 g/mol. The van der Waals surface area contributed by atoms with E-state index in [0.717, 1.165) is 6.08 Å². The Morgan fingerprint density at radius 2 is 2.05 bits per heavy atom. The molecule has 0 unspecified atom stereocenters. The number of nitrogens with one attached hydrogen (secondary N) is 2. The second kappa shape index (κ2) is 5.43. The average molecular weight is 276 g/mol. The Hall–Kier alpha value is -2.83. The van der Waals surface area contributed by atoms with Crippen LogP contribution in [-0.4, -0.2) is 29.6 Å². The number of hydrogen-bond donors (Lipinski definition) is 3. The Bertz CT molecular complexity index is 621. The number of esters is 1. The van der Waals surface area contributed by atoms with Crippen molar-refractivity contribution in [2.45, 2.75) is 6.92 Å². The van der Waals surface area contributed by atoms with Gasteiger partial charge in [0.2, 0.25) is 0 Å². The monoisotopic (exact) mass is 276 g/mol. The fourth-order valence-corrected chi connectivity index (χ4v) is 1.68. The van der Waals surface area contributed by atoms with Gasteiger partial charge in [-0.1, -0.05) is 0 Å². The lowest BCUT2D eigenvalue weighted by Gasteiger charge is -2.21. The molecule has 104 valence electrons. The minimum atomic E-state index is -1.09. The van der Waals surface area contributed by atoms with Crippen LogP contribution in [0.1, 0.15) is 17.3 Å². The van der Waals surface area contributed by atoms with E-state index in [9.17, 15) is 14.4 Å². The molecule has 0 saturated carbocycles. The van der Waals surface area contributed by atoms with Gasteiger partial charge >= 0.3 is 11.9 Å². The number of carbonyl (C=O) groups excluding carboxylic acids is 2. The highest BCUT2D eigenvalue weighted by Crippen LogP contribution is 2.28. The third-order valence-electron chi connectivity index (χ3n) is 2.58. The number of ether oxygens (including phenoxy) is 1. The molecule has 2 rings (SSSR count). The summed E-state index contributed by atoms with van der Waals surface area (Å²) in [5.41, 5.74) is 0.948. The Morgan fingerprint density at radius 3 is 2.70 bits per heavy atom. The number of fused-ring (bicyclic) bond motifs is 1. The summed E-state index contributed by atoms with van der Waals surface area (Å²) < 4.78 is 4.72. The molecular formula is C13H12N2O5. The van der Waals surface area contributed by atoms with Gasteiger partial charge in [-0.25, -0.2) is 9.59 Å². The zero-order valence-corrected chi connectivity index (χ0v) is 10.6. The van der Waals surface area contributed by atoms with Crippen molar-refractivity contribution in [3.63, 3.8) is 0 Å². The molecule has 1 amide bonds. The minimum Gasteiger partial charge on any atom is -0.478 e. The van der Waals surface area contributed by atoms with Gasteiger partial charge in [0, 0.05) is 0 Å². The molecule has 0 aromatic heterocycles. The highest BCUT2D eigenvalue weighted by atomic mass is 16.5. The molecule has 1 aliphatic heterocycles. The first kappa shape index (κ1) is 13.6. The van der Waals surface area contributed by atoms with E-state index in [0.29, 0.717) is 11.4 Å². The predicted octanol–water partition coefficient (Wildman–Crippen LogP) is 1.20. The number of anilines is 2. The molecule has 3 N–H and O–H groups in total. The molecule has 0 spiro atoms. The second-order valence-corrected chi connectivity index (χ2v) is 3.95. The smallest absolute Gasteiger partial charge is 0.335 e. The topological polar surface area (TPSA) is 105 Å². The maximum absolute atomic E-state index is 11.8. The van der Waals surface area contributed by atoms with E-state index in [2.05, 4.69) is 10.6 Å². The first-order valence-electron chi connectivity index (χ1n) is 5.85. The maximum atomic E-state index is 11.8. The van der Waals surface area contributed by atoms with Crippen molar-refractivity contribution in [1.82, 2.24) is 0 Å². The van der Waals surface area contributed by atoms with E-state index in [-0.39, 0.29) is 17.9 Å². The summed E-state index contributed by atoms with van der Waals surface area (Å²) >= 11 is 0. The number of rotatable bonds is 3. The average Bonchev–Trinajstić information content (AvgIpc) is 2.39. The van der Waals surface area contributed by atoms with Crippen molar-refractivity contribution in [1.29, 1.82) is 0 Å². The number of benzene rings is 1. The van der Waals surface area contributed by atoms with Crippen molar-refractivity contribution in [2.24, 2.45) is 0 Å². The Kier molecular flexibility index (Phi) is 3.69. The lowest BCUT2D eigenvalue weighted by atomic mass is 10.1. The largest absolute Gasteiger partial charge is 0.478 e. The van der Waals surface area contributed by atoms with Gasteiger partial charge in [-0.05, 0) is 25.1 Å². The van der Waals surface area contributed by atoms with E-state index < -0.39 is 17.8 Å². The van der Waals surface area contributed by atoms with Gasteiger partial charge in [-0.2, -0.15) is 0 Å². The van der Waals surface area contributed by atoms with Crippen LogP contribution in [0.5, 0.6) is 0 Å². The maximum Gasteiger partial charge on any atom is 0.335 e. The summed E-state index contributed by atoms with van der Waals surface area (Å²) in [6, 6.07) is 4.24. The Morgan fingerprint density at radius 1 is 1.30 bits per heavy atom. The number of hydrogen-bond acceptors (Lipinski definition) is 5. The molecule has 7 heteroatoms. The van der Waals surface area contributed by atoms with E-state index in [1.807, 2.05) is 0 Å². The molecule has 0 saturated heterocycles. The fourth-order valence-electron chi connectivity index (χ4n) is 1.68. The highest BCUT2D eigenvalue weighted by molar-refractivity contribution is 6.13. The highest BCUT2D eigenvalue weighted by Gasteiger charge is 2.21. The third-order valence-corrected chi connectivity index (χ3v) is 2.58. The summed E-state index contributed by atoms with van der Waals surface area (Å²) in [4.78, 5) is 33.9. The molecule has 1 heterocycles. The molecule has 0 aliphatic carbocycles. The van der Waals surface area contributed by atoms with Crippen LogP contribution in [0.2, 0.25) is 0 Å².